The first-order chi connectivity index (χ1) is 8.97. The summed E-state index contributed by atoms with van der Waals surface area (Å²) < 4.78 is 0. The standard InChI is InChI=1S/C14H15Cl2N3/c1-8-9(2)18-14(13(16)17-8)19-10(3)11-4-6-12(15)7-5-11/h4-7,10H,1-3H3,(H,18,19). The van der Waals surface area contributed by atoms with Crippen LogP contribution in [0.25, 0.3) is 0 Å². The van der Waals surface area contributed by atoms with E-state index < -0.39 is 0 Å². The summed E-state index contributed by atoms with van der Waals surface area (Å²) in [5.41, 5.74) is 2.82. The molecule has 1 atom stereocenters. The smallest absolute Gasteiger partial charge is 0.171 e. The Morgan fingerprint density at radius 3 is 2.21 bits per heavy atom. The monoisotopic (exact) mass is 295 g/mol. The number of aromatic nitrogens is 2. The maximum Gasteiger partial charge on any atom is 0.171 e. The number of halogens is 2. The summed E-state index contributed by atoms with van der Waals surface area (Å²) in [5, 5.41) is 4.38. The van der Waals surface area contributed by atoms with Crippen LogP contribution in [0.3, 0.4) is 0 Å². The van der Waals surface area contributed by atoms with E-state index in [2.05, 4.69) is 15.3 Å². The van der Waals surface area contributed by atoms with Gasteiger partial charge >= 0.3 is 0 Å². The average molecular weight is 296 g/mol. The number of benzene rings is 1. The fraction of sp³-hybridized carbons (Fsp3) is 0.286. The molecule has 100 valence electrons. The first kappa shape index (κ1) is 14.1. The topological polar surface area (TPSA) is 37.8 Å². The molecule has 1 unspecified atom stereocenters. The molecule has 0 aliphatic heterocycles. The fourth-order valence-corrected chi connectivity index (χ4v) is 2.06. The molecule has 0 radical (unpaired) electrons. The van der Waals surface area contributed by atoms with Gasteiger partial charge in [-0.25, -0.2) is 9.97 Å². The Labute approximate surface area is 123 Å². The van der Waals surface area contributed by atoms with Crippen molar-refractivity contribution >= 4 is 29.0 Å². The van der Waals surface area contributed by atoms with Crippen molar-refractivity contribution in [2.24, 2.45) is 0 Å². The molecule has 0 bridgehead atoms. The lowest BCUT2D eigenvalue weighted by Crippen LogP contribution is -2.10. The maximum absolute atomic E-state index is 6.10. The van der Waals surface area contributed by atoms with Crippen LogP contribution >= 0.6 is 23.2 Å². The van der Waals surface area contributed by atoms with Crippen molar-refractivity contribution in [1.29, 1.82) is 0 Å². The minimum absolute atomic E-state index is 0.0752. The van der Waals surface area contributed by atoms with E-state index in [1.165, 1.54) is 0 Å². The third-order valence-electron chi connectivity index (χ3n) is 2.99. The van der Waals surface area contributed by atoms with Crippen molar-refractivity contribution in [1.82, 2.24) is 9.97 Å². The van der Waals surface area contributed by atoms with Crippen LogP contribution < -0.4 is 5.32 Å². The zero-order valence-corrected chi connectivity index (χ0v) is 12.5. The zero-order valence-electron chi connectivity index (χ0n) is 11.0. The third kappa shape index (κ3) is 3.37. The van der Waals surface area contributed by atoms with Gasteiger partial charge in [0.1, 0.15) is 0 Å². The van der Waals surface area contributed by atoms with Gasteiger partial charge in [0, 0.05) is 5.02 Å². The van der Waals surface area contributed by atoms with Crippen LogP contribution in [0.5, 0.6) is 0 Å². The van der Waals surface area contributed by atoms with Crippen LogP contribution in [-0.2, 0) is 0 Å². The van der Waals surface area contributed by atoms with Gasteiger partial charge in [0.2, 0.25) is 0 Å². The second-order valence-corrected chi connectivity index (χ2v) is 5.25. The van der Waals surface area contributed by atoms with Crippen LogP contribution in [-0.4, -0.2) is 9.97 Å². The minimum atomic E-state index is 0.0752. The molecule has 1 heterocycles. The first-order valence-electron chi connectivity index (χ1n) is 6.00. The number of anilines is 1. The molecular formula is C14H15Cl2N3. The van der Waals surface area contributed by atoms with Crippen molar-refractivity contribution in [3.8, 4) is 0 Å². The Hall–Kier alpha value is -1.32. The molecule has 0 spiro atoms. The van der Waals surface area contributed by atoms with Gasteiger partial charge in [-0.05, 0) is 38.5 Å². The number of aryl methyl sites for hydroxylation is 2. The lowest BCUT2D eigenvalue weighted by Gasteiger charge is -2.16. The maximum atomic E-state index is 6.10. The summed E-state index contributed by atoms with van der Waals surface area (Å²) in [7, 11) is 0. The van der Waals surface area contributed by atoms with Crippen LogP contribution in [0.1, 0.15) is 29.9 Å². The highest BCUT2D eigenvalue weighted by atomic mass is 35.5. The first-order valence-corrected chi connectivity index (χ1v) is 6.75. The molecule has 1 N–H and O–H groups in total. The number of nitrogens with zero attached hydrogens (tertiary/aromatic N) is 2. The van der Waals surface area contributed by atoms with Crippen molar-refractivity contribution in [3.63, 3.8) is 0 Å². The molecule has 0 aliphatic carbocycles. The number of rotatable bonds is 3. The normalized spacial score (nSPS) is 12.3. The predicted molar refractivity (Wildman–Crippen MR) is 80.0 cm³/mol. The molecule has 1 aromatic carbocycles. The molecule has 1 aromatic heterocycles. The van der Waals surface area contributed by atoms with Crippen molar-refractivity contribution in [2.45, 2.75) is 26.8 Å². The van der Waals surface area contributed by atoms with Crippen LogP contribution in [0.15, 0.2) is 24.3 Å². The summed E-state index contributed by atoms with van der Waals surface area (Å²) in [6.45, 7) is 5.84. The molecule has 2 rings (SSSR count). The van der Waals surface area contributed by atoms with Gasteiger partial charge in [-0.15, -0.1) is 0 Å². The van der Waals surface area contributed by atoms with E-state index in [1.807, 2.05) is 45.0 Å². The summed E-state index contributed by atoms with van der Waals surface area (Å²) >= 11 is 12.0. The van der Waals surface area contributed by atoms with Gasteiger partial charge in [0.25, 0.3) is 0 Å². The molecule has 3 nitrogen and oxygen atoms in total. The Bertz CT molecular complexity index is 582. The van der Waals surface area contributed by atoms with E-state index in [0.29, 0.717) is 11.0 Å². The van der Waals surface area contributed by atoms with E-state index in [1.54, 1.807) is 0 Å². The van der Waals surface area contributed by atoms with Crippen molar-refractivity contribution in [3.05, 3.63) is 51.4 Å². The third-order valence-corrected chi connectivity index (χ3v) is 3.50. The highest BCUT2D eigenvalue weighted by Gasteiger charge is 2.11. The van der Waals surface area contributed by atoms with Gasteiger partial charge in [0.05, 0.1) is 17.4 Å². The largest absolute Gasteiger partial charge is 0.361 e. The van der Waals surface area contributed by atoms with Crippen molar-refractivity contribution < 1.29 is 0 Å². The minimum Gasteiger partial charge on any atom is -0.361 e. The molecular weight excluding hydrogens is 281 g/mol. The van der Waals surface area contributed by atoms with Gasteiger partial charge < -0.3 is 5.32 Å². The molecule has 0 saturated heterocycles. The SMILES string of the molecule is Cc1nc(Cl)c(NC(C)c2ccc(Cl)cc2)nc1C. The molecule has 0 amide bonds. The lowest BCUT2D eigenvalue weighted by molar-refractivity contribution is 0.865. The number of hydrogen-bond acceptors (Lipinski definition) is 3. The van der Waals surface area contributed by atoms with Gasteiger partial charge in [-0.2, -0.15) is 0 Å². The van der Waals surface area contributed by atoms with Gasteiger partial charge in [-0.3, -0.25) is 0 Å². The van der Waals surface area contributed by atoms with Gasteiger partial charge in [-0.1, -0.05) is 35.3 Å². The highest BCUT2D eigenvalue weighted by molar-refractivity contribution is 6.31. The Balaban J connectivity index is 2.21. The lowest BCUT2D eigenvalue weighted by atomic mass is 10.1. The van der Waals surface area contributed by atoms with Crippen LogP contribution in [0, 0.1) is 13.8 Å². The molecule has 0 fully saturated rings. The quantitative estimate of drug-likeness (QED) is 0.901. The highest BCUT2D eigenvalue weighted by Crippen LogP contribution is 2.24. The Kier molecular flexibility index (Phi) is 4.27. The average Bonchev–Trinajstić information content (AvgIpc) is 2.36. The summed E-state index contributed by atoms with van der Waals surface area (Å²) in [6.07, 6.45) is 0. The van der Waals surface area contributed by atoms with Crippen molar-refractivity contribution in [2.75, 3.05) is 5.32 Å². The molecule has 5 heteroatoms. The van der Waals surface area contributed by atoms with E-state index in [0.717, 1.165) is 22.0 Å². The Morgan fingerprint density at radius 1 is 1.00 bits per heavy atom. The zero-order chi connectivity index (χ0) is 14.0. The van der Waals surface area contributed by atoms with Crippen LogP contribution in [0.4, 0.5) is 5.82 Å². The summed E-state index contributed by atoms with van der Waals surface area (Å²) in [6, 6.07) is 7.75. The number of hydrogen-bond donors (Lipinski definition) is 1. The summed E-state index contributed by atoms with van der Waals surface area (Å²) in [4.78, 5) is 8.68. The van der Waals surface area contributed by atoms with E-state index in [9.17, 15) is 0 Å². The van der Waals surface area contributed by atoms with Gasteiger partial charge in [0.15, 0.2) is 11.0 Å². The molecule has 19 heavy (non-hydrogen) atoms. The number of nitrogens with one attached hydrogen (secondary N) is 1. The second-order valence-electron chi connectivity index (χ2n) is 4.45. The van der Waals surface area contributed by atoms with E-state index >= 15 is 0 Å². The summed E-state index contributed by atoms with van der Waals surface area (Å²) in [5.74, 6) is 0.604. The molecule has 0 saturated carbocycles. The second kappa shape index (κ2) is 5.76. The molecule has 2 aromatic rings. The van der Waals surface area contributed by atoms with E-state index in [4.69, 9.17) is 23.2 Å². The van der Waals surface area contributed by atoms with E-state index in [-0.39, 0.29) is 6.04 Å². The van der Waals surface area contributed by atoms with Crippen LogP contribution in [0.2, 0.25) is 10.2 Å². The fourth-order valence-electron chi connectivity index (χ4n) is 1.71. The Morgan fingerprint density at radius 2 is 1.58 bits per heavy atom. The molecule has 0 aliphatic rings. The predicted octanol–water partition coefficient (Wildman–Crippen LogP) is 4.57.